The monoisotopic (exact) mass is 244 g/mol. The van der Waals surface area contributed by atoms with Crippen LogP contribution in [0.25, 0.3) is 0 Å². The summed E-state index contributed by atoms with van der Waals surface area (Å²) in [4.78, 5) is 0. The van der Waals surface area contributed by atoms with E-state index in [4.69, 9.17) is 16.9 Å². The Hall–Kier alpha value is -1.46. The fourth-order valence-corrected chi connectivity index (χ4v) is 3.02. The van der Waals surface area contributed by atoms with Crippen LogP contribution in [0.2, 0.25) is 5.02 Å². The van der Waals surface area contributed by atoms with Crippen molar-refractivity contribution >= 4 is 17.3 Å². The van der Waals surface area contributed by atoms with Crippen molar-refractivity contribution in [3.8, 4) is 6.07 Å². The van der Waals surface area contributed by atoms with Gasteiger partial charge in [-0.05, 0) is 37.0 Å². The number of hydrogen-bond acceptors (Lipinski definition) is 2. The molecule has 2 aliphatic rings. The molecule has 0 amide bonds. The Morgan fingerprint density at radius 1 is 1.41 bits per heavy atom. The molecule has 0 aliphatic heterocycles. The summed E-state index contributed by atoms with van der Waals surface area (Å²) in [5.74, 6) is 1.53. The Bertz CT molecular complexity index is 515. The molecule has 86 valence electrons. The van der Waals surface area contributed by atoms with Gasteiger partial charge in [0.1, 0.15) is 6.07 Å². The van der Waals surface area contributed by atoms with E-state index < -0.39 is 0 Å². The number of hydrogen-bond donors (Lipinski definition) is 1. The highest BCUT2D eigenvalue weighted by Crippen LogP contribution is 2.44. The highest BCUT2D eigenvalue weighted by Gasteiger charge is 2.40. The zero-order chi connectivity index (χ0) is 11.8. The molecule has 1 aromatic rings. The summed E-state index contributed by atoms with van der Waals surface area (Å²) in [5, 5.41) is 12.8. The predicted octanol–water partition coefficient (Wildman–Crippen LogP) is 3.59. The van der Waals surface area contributed by atoms with E-state index in [9.17, 15) is 0 Å². The van der Waals surface area contributed by atoms with E-state index in [1.165, 1.54) is 12.8 Å². The molecule has 1 aromatic carbocycles. The molecule has 0 aromatic heterocycles. The first kappa shape index (κ1) is 10.7. The number of nitrogens with one attached hydrogen (secondary N) is 1. The molecule has 1 N–H and O–H groups in total. The van der Waals surface area contributed by atoms with E-state index in [1.807, 2.05) is 12.1 Å². The van der Waals surface area contributed by atoms with Crippen molar-refractivity contribution < 1.29 is 0 Å². The van der Waals surface area contributed by atoms with Gasteiger partial charge >= 0.3 is 0 Å². The van der Waals surface area contributed by atoms with Crippen LogP contribution in [0.5, 0.6) is 0 Å². The second-order valence-electron chi connectivity index (χ2n) is 4.79. The summed E-state index contributed by atoms with van der Waals surface area (Å²) in [6.07, 6.45) is 7.06. The number of nitrogens with zero attached hydrogens (tertiary/aromatic N) is 1. The minimum absolute atomic E-state index is 0.523. The van der Waals surface area contributed by atoms with Crippen LogP contribution in [0.1, 0.15) is 18.4 Å². The second-order valence-corrected chi connectivity index (χ2v) is 5.20. The average molecular weight is 245 g/mol. The smallest absolute Gasteiger partial charge is 0.101 e. The largest absolute Gasteiger partial charge is 0.382 e. The van der Waals surface area contributed by atoms with Crippen molar-refractivity contribution in [2.45, 2.75) is 18.9 Å². The zero-order valence-corrected chi connectivity index (χ0v) is 10.1. The van der Waals surface area contributed by atoms with Crippen LogP contribution in [-0.4, -0.2) is 6.04 Å². The topological polar surface area (TPSA) is 35.8 Å². The van der Waals surface area contributed by atoms with Gasteiger partial charge in [-0.2, -0.15) is 5.26 Å². The number of anilines is 1. The summed E-state index contributed by atoms with van der Waals surface area (Å²) in [6, 6.07) is 8.14. The Morgan fingerprint density at radius 3 is 3.00 bits per heavy atom. The van der Waals surface area contributed by atoms with E-state index in [1.54, 1.807) is 6.07 Å². The predicted molar refractivity (Wildman–Crippen MR) is 68.9 cm³/mol. The Kier molecular flexibility index (Phi) is 2.57. The van der Waals surface area contributed by atoms with Gasteiger partial charge in [-0.15, -0.1) is 0 Å². The van der Waals surface area contributed by atoms with Crippen LogP contribution in [-0.2, 0) is 0 Å². The molecular weight excluding hydrogens is 232 g/mol. The van der Waals surface area contributed by atoms with Crippen molar-refractivity contribution in [1.29, 1.82) is 5.26 Å². The molecule has 0 heterocycles. The van der Waals surface area contributed by atoms with Crippen molar-refractivity contribution in [3.05, 3.63) is 40.9 Å². The first-order chi connectivity index (χ1) is 8.28. The van der Waals surface area contributed by atoms with Gasteiger partial charge in [0.15, 0.2) is 0 Å². The minimum Gasteiger partial charge on any atom is -0.382 e. The molecule has 0 saturated heterocycles. The SMILES string of the molecule is N#Cc1ccc(NC2CC3CC=CC32)cc1Cl. The third-order valence-electron chi connectivity index (χ3n) is 3.80. The first-order valence-electron chi connectivity index (χ1n) is 5.91. The molecule has 1 saturated carbocycles. The Labute approximate surface area is 106 Å². The quantitative estimate of drug-likeness (QED) is 0.807. The molecular formula is C14H13ClN2. The maximum atomic E-state index is 8.81. The number of nitriles is 1. The summed E-state index contributed by atoms with van der Waals surface area (Å²) < 4.78 is 0. The van der Waals surface area contributed by atoms with Crippen molar-refractivity contribution in [2.75, 3.05) is 5.32 Å². The normalized spacial score (nSPS) is 29.3. The standard InChI is InChI=1S/C14H13ClN2/c15-13-7-11(5-4-10(13)8-16)17-14-6-9-2-1-3-12(9)14/h1,3-5,7,9,12,14,17H,2,6H2. The maximum Gasteiger partial charge on any atom is 0.101 e. The molecule has 3 heteroatoms. The lowest BCUT2D eigenvalue weighted by Gasteiger charge is -2.41. The Morgan fingerprint density at radius 2 is 2.29 bits per heavy atom. The van der Waals surface area contributed by atoms with E-state index >= 15 is 0 Å². The van der Waals surface area contributed by atoms with E-state index in [0.717, 1.165) is 11.6 Å². The molecule has 3 atom stereocenters. The van der Waals surface area contributed by atoms with Gasteiger partial charge in [-0.25, -0.2) is 0 Å². The van der Waals surface area contributed by atoms with Gasteiger partial charge in [-0.3, -0.25) is 0 Å². The molecule has 2 aliphatic carbocycles. The minimum atomic E-state index is 0.523. The van der Waals surface area contributed by atoms with Crippen molar-refractivity contribution in [3.63, 3.8) is 0 Å². The lowest BCUT2D eigenvalue weighted by molar-refractivity contribution is 0.218. The molecule has 0 spiro atoms. The van der Waals surface area contributed by atoms with Gasteiger partial charge in [0.25, 0.3) is 0 Å². The molecule has 3 unspecified atom stereocenters. The van der Waals surface area contributed by atoms with E-state index in [0.29, 0.717) is 22.5 Å². The first-order valence-corrected chi connectivity index (χ1v) is 6.28. The number of fused-ring (bicyclic) bond motifs is 1. The number of halogens is 1. The lowest BCUT2D eigenvalue weighted by Crippen LogP contribution is -2.43. The fourth-order valence-electron chi connectivity index (χ4n) is 2.79. The summed E-state index contributed by atoms with van der Waals surface area (Å²) in [6.45, 7) is 0. The lowest BCUT2D eigenvalue weighted by atomic mass is 9.71. The van der Waals surface area contributed by atoms with Gasteiger partial charge in [-0.1, -0.05) is 23.8 Å². The Balaban J connectivity index is 1.72. The van der Waals surface area contributed by atoms with Gasteiger partial charge in [0.2, 0.25) is 0 Å². The van der Waals surface area contributed by atoms with Crippen LogP contribution in [0.3, 0.4) is 0 Å². The van der Waals surface area contributed by atoms with E-state index in [-0.39, 0.29) is 0 Å². The van der Waals surface area contributed by atoms with Gasteiger partial charge in [0, 0.05) is 17.6 Å². The third-order valence-corrected chi connectivity index (χ3v) is 4.12. The van der Waals surface area contributed by atoms with Crippen LogP contribution < -0.4 is 5.32 Å². The highest BCUT2D eigenvalue weighted by molar-refractivity contribution is 6.32. The molecule has 3 rings (SSSR count). The highest BCUT2D eigenvalue weighted by atomic mass is 35.5. The average Bonchev–Trinajstić information content (AvgIpc) is 2.68. The molecule has 0 bridgehead atoms. The third kappa shape index (κ3) is 1.81. The van der Waals surface area contributed by atoms with Gasteiger partial charge in [0.05, 0.1) is 10.6 Å². The van der Waals surface area contributed by atoms with Gasteiger partial charge < -0.3 is 5.32 Å². The van der Waals surface area contributed by atoms with Crippen molar-refractivity contribution in [2.24, 2.45) is 11.8 Å². The molecule has 17 heavy (non-hydrogen) atoms. The van der Waals surface area contributed by atoms with Crippen LogP contribution in [0, 0.1) is 23.2 Å². The summed E-state index contributed by atoms with van der Waals surface area (Å²) in [5.41, 5.74) is 1.54. The fraction of sp³-hybridized carbons (Fsp3) is 0.357. The number of rotatable bonds is 2. The second kappa shape index (κ2) is 4.09. The molecule has 1 fully saturated rings. The maximum absolute atomic E-state index is 8.81. The zero-order valence-electron chi connectivity index (χ0n) is 9.36. The van der Waals surface area contributed by atoms with E-state index in [2.05, 4.69) is 23.5 Å². The van der Waals surface area contributed by atoms with Crippen LogP contribution in [0.15, 0.2) is 30.4 Å². The number of benzene rings is 1. The van der Waals surface area contributed by atoms with Crippen molar-refractivity contribution in [1.82, 2.24) is 0 Å². The van der Waals surface area contributed by atoms with Crippen LogP contribution in [0.4, 0.5) is 5.69 Å². The summed E-state index contributed by atoms with van der Waals surface area (Å²) in [7, 11) is 0. The van der Waals surface area contributed by atoms with Crippen LogP contribution >= 0.6 is 11.6 Å². The number of allylic oxidation sites excluding steroid dienone is 1. The summed E-state index contributed by atoms with van der Waals surface area (Å²) >= 11 is 6.01. The molecule has 2 nitrogen and oxygen atoms in total. The molecule has 0 radical (unpaired) electrons.